The number of carbonyl (C=O) groups excluding carboxylic acids is 1. The summed E-state index contributed by atoms with van der Waals surface area (Å²) in [5.41, 5.74) is 0.517. The molecule has 0 saturated heterocycles. The van der Waals surface area contributed by atoms with E-state index in [4.69, 9.17) is 0 Å². The fraction of sp³-hybridized carbons (Fsp3) is 0.421. The summed E-state index contributed by atoms with van der Waals surface area (Å²) >= 11 is 1.74. The number of hydrogen-bond donors (Lipinski definition) is 4. The zero-order chi connectivity index (χ0) is 19.5. The molecule has 0 aliphatic carbocycles. The first kappa shape index (κ1) is 24.2. The number of carbonyl (C=O) groups is 1. The fourth-order valence-corrected chi connectivity index (χ4v) is 3.16. The third-order valence-corrected chi connectivity index (χ3v) is 4.92. The zero-order valence-corrected chi connectivity index (χ0v) is 19.3. The van der Waals surface area contributed by atoms with E-state index in [-0.39, 0.29) is 35.6 Å². The molecular formula is C19H28IN5O2S. The quantitative estimate of drug-likeness (QED) is 0.178. The summed E-state index contributed by atoms with van der Waals surface area (Å²) in [5.74, 6) is 0.696. The minimum absolute atomic E-state index is 0. The number of phenolic OH excluding ortho intramolecular Hbond substituents is 1. The van der Waals surface area contributed by atoms with Gasteiger partial charge in [0.15, 0.2) is 5.96 Å². The van der Waals surface area contributed by atoms with Crippen molar-refractivity contribution in [1.29, 1.82) is 0 Å². The van der Waals surface area contributed by atoms with Crippen LogP contribution in [0.15, 0.2) is 35.5 Å². The number of nitrogens with zero attached hydrogens (tertiary/aromatic N) is 2. The summed E-state index contributed by atoms with van der Waals surface area (Å²) in [4.78, 5) is 22.3. The SMILES string of the molecule is CCNC(=NCCc1ncc(CC)s1)NCCNC(=O)c1ccc(O)cc1.I. The average molecular weight is 517 g/mol. The topological polar surface area (TPSA) is 98.6 Å². The Morgan fingerprint density at radius 1 is 1.14 bits per heavy atom. The molecule has 1 aromatic carbocycles. The zero-order valence-electron chi connectivity index (χ0n) is 16.2. The number of aryl methyl sites for hydroxylation is 1. The molecule has 154 valence electrons. The number of amides is 1. The molecule has 0 radical (unpaired) electrons. The van der Waals surface area contributed by atoms with Crippen LogP contribution in [0.4, 0.5) is 0 Å². The largest absolute Gasteiger partial charge is 0.508 e. The Labute approximate surface area is 187 Å². The van der Waals surface area contributed by atoms with E-state index in [2.05, 4.69) is 32.9 Å². The molecule has 2 rings (SSSR count). The van der Waals surface area contributed by atoms with Gasteiger partial charge in [0.25, 0.3) is 5.91 Å². The Morgan fingerprint density at radius 2 is 1.86 bits per heavy atom. The molecule has 0 fully saturated rings. The summed E-state index contributed by atoms with van der Waals surface area (Å²) in [6.45, 7) is 6.60. The number of aromatic hydroxyl groups is 1. The van der Waals surface area contributed by atoms with Gasteiger partial charge in [-0.1, -0.05) is 6.92 Å². The van der Waals surface area contributed by atoms with E-state index in [1.807, 2.05) is 13.1 Å². The van der Waals surface area contributed by atoms with Crippen molar-refractivity contribution in [2.75, 3.05) is 26.2 Å². The molecule has 0 saturated carbocycles. The molecule has 0 spiro atoms. The standard InChI is InChI=1S/C19H27N5O2S.HI/c1-3-16-13-24-17(27-16)9-10-22-19(20-4-2)23-12-11-21-18(26)14-5-7-15(25)8-6-14;/h5-8,13,25H,3-4,9-12H2,1-2H3,(H,21,26)(H2,20,22,23);1H. The number of guanidine groups is 1. The Bertz CT molecular complexity index is 749. The fourth-order valence-electron chi connectivity index (χ4n) is 2.30. The van der Waals surface area contributed by atoms with Crippen molar-refractivity contribution < 1.29 is 9.90 Å². The van der Waals surface area contributed by atoms with Crippen LogP contribution in [0, 0.1) is 0 Å². The van der Waals surface area contributed by atoms with E-state index in [1.54, 1.807) is 23.5 Å². The van der Waals surface area contributed by atoms with Crippen LogP contribution < -0.4 is 16.0 Å². The second kappa shape index (κ2) is 13.3. The van der Waals surface area contributed by atoms with E-state index in [0.717, 1.165) is 30.4 Å². The summed E-state index contributed by atoms with van der Waals surface area (Å²) < 4.78 is 0. The molecule has 2 aromatic rings. The van der Waals surface area contributed by atoms with Crippen LogP contribution in [-0.4, -0.2) is 48.1 Å². The Hall–Kier alpha value is -1.88. The Kier molecular flexibility index (Phi) is 11.5. The second-order valence-electron chi connectivity index (χ2n) is 5.81. The summed E-state index contributed by atoms with van der Waals surface area (Å²) in [6, 6.07) is 6.17. The number of nitrogens with one attached hydrogen (secondary N) is 3. The lowest BCUT2D eigenvalue weighted by Gasteiger charge is -2.11. The predicted octanol–water partition coefficient (Wildman–Crippen LogP) is 2.56. The van der Waals surface area contributed by atoms with Crippen molar-refractivity contribution in [1.82, 2.24) is 20.9 Å². The predicted molar refractivity (Wildman–Crippen MR) is 125 cm³/mol. The van der Waals surface area contributed by atoms with E-state index in [1.165, 1.54) is 17.0 Å². The second-order valence-corrected chi connectivity index (χ2v) is 7.01. The lowest BCUT2D eigenvalue weighted by molar-refractivity contribution is 0.0954. The molecule has 9 heteroatoms. The van der Waals surface area contributed by atoms with E-state index in [9.17, 15) is 9.90 Å². The van der Waals surface area contributed by atoms with Gasteiger partial charge in [-0.3, -0.25) is 9.79 Å². The average Bonchev–Trinajstić information content (AvgIpc) is 3.13. The van der Waals surface area contributed by atoms with Gasteiger partial charge in [-0.2, -0.15) is 0 Å². The molecule has 1 aromatic heterocycles. The number of thiazole rings is 1. The molecule has 28 heavy (non-hydrogen) atoms. The lowest BCUT2D eigenvalue weighted by atomic mass is 10.2. The Balaban J connectivity index is 0.00000392. The third-order valence-electron chi connectivity index (χ3n) is 3.72. The highest BCUT2D eigenvalue weighted by atomic mass is 127. The van der Waals surface area contributed by atoms with Crippen LogP contribution in [0.3, 0.4) is 0 Å². The summed E-state index contributed by atoms with van der Waals surface area (Å²) in [5, 5.41) is 19.6. The number of aliphatic imine (C=N–C) groups is 1. The van der Waals surface area contributed by atoms with Gasteiger partial charge in [-0.05, 0) is 37.6 Å². The molecule has 7 nitrogen and oxygen atoms in total. The first-order valence-electron chi connectivity index (χ1n) is 9.15. The molecule has 0 bridgehead atoms. The third kappa shape index (κ3) is 8.42. The first-order valence-corrected chi connectivity index (χ1v) is 9.97. The molecule has 1 heterocycles. The molecule has 0 aliphatic rings. The van der Waals surface area contributed by atoms with Crippen LogP contribution in [-0.2, 0) is 12.8 Å². The van der Waals surface area contributed by atoms with Crippen LogP contribution in [0.2, 0.25) is 0 Å². The van der Waals surface area contributed by atoms with Crippen LogP contribution >= 0.6 is 35.3 Å². The molecule has 1 amide bonds. The smallest absolute Gasteiger partial charge is 0.251 e. The highest BCUT2D eigenvalue weighted by Crippen LogP contribution is 2.13. The van der Waals surface area contributed by atoms with Crippen molar-refractivity contribution >= 4 is 47.2 Å². The minimum Gasteiger partial charge on any atom is -0.508 e. The number of benzene rings is 1. The number of rotatable bonds is 9. The molecular weight excluding hydrogens is 489 g/mol. The highest BCUT2D eigenvalue weighted by Gasteiger charge is 2.05. The van der Waals surface area contributed by atoms with Crippen LogP contribution in [0.5, 0.6) is 5.75 Å². The normalized spacial score (nSPS) is 10.9. The molecule has 0 atom stereocenters. The number of hydrogen-bond acceptors (Lipinski definition) is 5. The van der Waals surface area contributed by atoms with Gasteiger partial charge in [-0.25, -0.2) is 4.98 Å². The van der Waals surface area contributed by atoms with Crippen LogP contribution in [0.1, 0.15) is 34.1 Å². The monoisotopic (exact) mass is 517 g/mol. The first-order chi connectivity index (χ1) is 13.1. The lowest BCUT2D eigenvalue weighted by Crippen LogP contribution is -2.41. The maximum atomic E-state index is 12.0. The van der Waals surface area contributed by atoms with Crippen LogP contribution in [0.25, 0.3) is 0 Å². The van der Waals surface area contributed by atoms with Crippen molar-refractivity contribution in [3.63, 3.8) is 0 Å². The van der Waals surface area contributed by atoms with Gasteiger partial charge < -0.3 is 21.1 Å². The summed E-state index contributed by atoms with van der Waals surface area (Å²) in [7, 11) is 0. The van der Waals surface area contributed by atoms with Gasteiger partial charge in [0.05, 0.1) is 5.01 Å². The van der Waals surface area contributed by atoms with Gasteiger partial charge in [0, 0.05) is 49.2 Å². The minimum atomic E-state index is -0.172. The summed E-state index contributed by atoms with van der Waals surface area (Å²) in [6.07, 6.45) is 3.77. The van der Waals surface area contributed by atoms with E-state index >= 15 is 0 Å². The molecule has 0 aliphatic heterocycles. The number of aromatic nitrogens is 1. The van der Waals surface area contributed by atoms with E-state index < -0.39 is 0 Å². The van der Waals surface area contributed by atoms with Crippen molar-refractivity contribution in [2.24, 2.45) is 4.99 Å². The Morgan fingerprint density at radius 3 is 2.50 bits per heavy atom. The van der Waals surface area contributed by atoms with Gasteiger partial charge >= 0.3 is 0 Å². The number of phenols is 1. The van der Waals surface area contributed by atoms with E-state index in [0.29, 0.717) is 25.2 Å². The van der Waals surface area contributed by atoms with Gasteiger partial charge in [0.2, 0.25) is 0 Å². The van der Waals surface area contributed by atoms with Crippen molar-refractivity contribution in [2.45, 2.75) is 26.7 Å². The van der Waals surface area contributed by atoms with Gasteiger partial charge in [-0.15, -0.1) is 35.3 Å². The van der Waals surface area contributed by atoms with Gasteiger partial charge in [0.1, 0.15) is 5.75 Å². The highest BCUT2D eigenvalue weighted by molar-refractivity contribution is 14.0. The maximum absolute atomic E-state index is 12.0. The number of halogens is 1. The molecule has 0 unspecified atom stereocenters. The van der Waals surface area contributed by atoms with Crippen molar-refractivity contribution in [3.8, 4) is 5.75 Å². The molecule has 4 N–H and O–H groups in total. The maximum Gasteiger partial charge on any atom is 0.251 e. The van der Waals surface area contributed by atoms with Crippen molar-refractivity contribution in [3.05, 3.63) is 45.9 Å².